The highest BCUT2D eigenvalue weighted by atomic mass is 32.2. The first-order chi connectivity index (χ1) is 12.3. The van der Waals surface area contributed by atoms with Gasteiger partial charge in [0.05, 0.1) is 17.5 Å². The van der Waals surface area contributed by atoms with Gasteiger partial charge in [-0.2, -0.15) is 0 Å². The molecule has 1 amide bonds. The van der Waals surface area contributed by atoms with Crippen LogP contribution in [0.2, 0.25) is 0 Å². The van der Waals surface area contributed by atoms with E-state index in [1.165, 1.54) is 30.5 Å². The number of hydrogen-bond acceptors (Lipinski definition) is 5. The minimum absolute atomic E-state index is 0.0538. The first-order valence-electron chi connectivity index (χ1n) is 8.54. The fourth-order valence-corrected chi connectivity index (χ4v) is 3.28. The van der Waals surface area contributed by atoms with Gasteiger partial charge >= 0.3 is 5.97 Å². The van der Waals surface area contributed by atoms with Crippen molar-refractivity contribution in [2.75, 3.05) is 24.1 Å². The maximum absolute atomic E-state index is 12.1. The monoisotopic (exact) mass is 380 g/mol. The number of nitrogens with one attached hydrogen (secondary N) is 2. The van der Waals surface area contributed by atoms with Crippen molar-refractivity contribution in [2.24, 2.45) is 0 Å². The summed E-state index contributed by atoms with van der Waals surface area (Å²) in [4.78, 5) is 23.9. The van der Waals surface area contributed by atoms with E-state index in [1.807, 2.05) is 0 Å². The van der Waals surface area contributed by atoms with Gasteiger partial charge in [0.1, 0.15) is 0 Å². The first-order valence-corrected chi connectivity index (χ1v) is 10.4. The van der Waals surface area contributed by atoms with Crippen molar-refractivity contribution >= 4 is 27.6 Å². The third kappa shape index (κ3) is 6.87. The number of carbonyl (C=O) groups is 2. The van der Waals surface area contributed by atoms with Gasteiger partial charge in [-0.05, 0) is 44.2 Å². The van der Waals surface area contributed by atoms with Crippen molar-refractivity contribution in [3.8, 4) is 0 Å². The van der Waals surface area contributed by atoms with E-state index in [0.717, 1.165) is 25.5 Å². The Kier molecular flexibility index (Phi) is 7.20. The molecule has 8 heteroatoms. The average Bonchev–Trinajstić information content (AvgIpc) is 2.60. The molecular formula is C18H24N2O5S. The van der Waals surface area contributed by atoms with Gasteiger partial charge in [0, 0.05) is 6.54 Å². The largest absolute Gasteiger partial charge is 0.452 e. The van der Waals surface area contributed by atoms with Gasteiger partial charge in [-0.3, -0.25) is 9.52 Å². The van der Waals surface area contributed by atoms with Gasteiger partial charge in [0.15, 0.2) is 6.61 Å². The number of anilines is 1. The summed E-state index contributed by atoms with van der Waals surface area (Å²) < 4.78 is 30.0. The number of rotatable bonds is 8. The molecule has 1 aromatic carbocycles. The van der Waals surface area contributed by atoms with E-state index in [1.54, 1.807) is 12.1 Å². The molecular weight excluding hydrogens is 356 g/mol. The number of hydrogen-bond donors (Lipinski definition) is 2. The van der Waals surface area contributed by atoms with E-state index in [2.05, 4.69) is 16.1 Å². The highest BCUT2D eigenvalue weighted by Gasteiger charge is 2.16. The molecule has 0 aromatic heterocycles. The lowest BCUT2D eigenvalue weighted by molar-refractivity contribution is -0.124. The number of esters is 1. The molecule has 0 heterocycles. The first kappa shape index (κ1) is 20.0. The van der Waals surface area contributed by atoms with E-state index in [0.29, 0.717) is 6.54 Å². The molecule has 2 rings (SSSR count). The average molecular weight is 380 g/mol. The van der Waals surface area contributed by atoms with Crippen molar-refractivity contribution in [1.29, 1.82) is 0 Å². The smallest absolute Gasteiger partial charge is 0.340 e. The van der Waals surface area contributed by atoms with Crippen molar-refractivity contribution < 1.29 is 22.7 Å². The molecule has 0 radical (unpaired) electrons. The van der Waals surface area contributed by atoms with E-state index in [4.69, 9.17) is 4.74 Å². The molecule has 0 unspecified atom stereocenters. The minimum atomic E-state index is -3.53. The molecule has 142 valence electrons. The summed E-state index contributed by atoms with van der Waals surface area (Å²) in [7, 11) is -3.53. The summed E-state index contributed by atoms with van der Waals surface area (Å²) in [6.07, 6.45) is 8.61. The van der Waals surface area contributed by atoms with Gasteiger partial charge in [-0.25, -0.2) is 13.2 Å². The van der Waals surface area contributed by atoms with E-state index >= 15 is 0 Å². The van der Waals surface area contributed by atoms with Crippen LogP contribution in [0.3, 0.4) is 0 Å². The molecule has 0 atom stereocenters. The fraction of sp³-hybridized carbons (Fsp3) is 0.444. The summed E-state index contributed by atoms with van der Waals surface area (Å²) in [5, 5.41) is 2.72. The van der Waals surface area contributed by atoms with Crippen LogP contribution in [0.4, 0.5) is 5.69 Å². The van der Waals surface area contributed by atoms with Crippen LogP contribution in [0.5, 0.6) is 0 Å². The summed E-state index contributed by atoms with van der Waals surface area (Å²) in [5.74, 6) is -1.15. The number of para-hydroxylation sites is 1. The molecule has 0 spiro atoms. The molecule has 2 N–H and O–H groups in total. The second-order valence-electron chi connectivity index (χ2n) is 6.20. The third-order valence-electron chi connectivity index (χ3n) is 3.93. The topological polar surface area (TPSA) is 102 Å². The Labute approximate surface area is 153 Å². The summed E-state index contributed by atoms with van der Waals surface area (Å²) in [5.41, 5.74) is 1.53. The molecule has 26 heavy (non-hydrogen) atoms. The Morgan fingerprint density at radius 1 is 1.19 bits per heavy atom. The Morgan fingerprint density at radius 3 is 2.65 bits per heavy atom. The lowest BCUT2D eigenvalue weighted by atomic mass is 9.97. The number of carbonyl (C=O) groups excluding carboxylic acids is 2. The molecule has 0 saturated carbocycles. The van der Waals surface area contributed by atoms with Crippen molar-refractivity contribution in [3.05, 3.63) is 41.5 Å². The van der Waals surface area contributed by atoms with Crippen molar-refractivity contribution in [2.45, 2.75) is 32.1 Å². The van der Waals surface area contributed by atoms with Gasteiger partial charge in [0.2, 0.25) is 10.0 Å². The lowest BCUT2D eigenvalue weighted by Crippen LogP contribution is -2.30. The van der Waals surface area contributed by atoms with Crippen molar-refractivity contribution in [1.82, 2.24) is 5.32 Å². The lowest BCUT2D eigenvalue weighted by Gasteiger charge is -2.13. The normalized spacial score (nSPS) is 14.3. The van der Waals surface area contributed by atoms with E-state index in [-0.39, 0.29) is 17.2 Å². The van der Waals surface area contributed by atoms with Crippen molar-refractivity contribution in [3.63, 3.8) is 0 Å². The Morgan fingerprint density at radius 2 is 1.96 bits per heavy atom. The number of amides is 1. The molecule has 0 aliphatic heterocycles. The zero-order valence-electron chi connectivity index (χ0n) is 14.8. The zero-order chi connectivity index (χ0) is 19.0. The number of sulfonamides is 1. The third-order valence-corrected chi connectivity index (χ3v) is 4.52. The van der Waals surface area contributed by atoms with E-state index in [9.17, 15) is 18.0 Å². The Hall–Kier alpha value is -2.35. The van der Waals surface area contributed by atoms with Crippen LogP contribution in [-0.2, 0) is 19.6 Å². The molecule has 1 aromatic rings. The number of allylic oxidation sites excluding steroid dienone is 1. The standard InChI is InChI=1S/C18H24N2O5S/c1-26(23,24)20-16-10-6-5-9-15(16)18(22)25-13-17(21)19-12-11-14-7-3-2-4-8-14/h5-7,9-10,20H,2-4,8,11-13H2,1H3,(H,19,21). The summed E-state index contributed by atoms with van der Waals surface area (Å²) in [6.45, 7) is 0.0968. The highest BCUT2D eigenvalue weighted by molar-refractivity contribution is 7.92. The summed E-state index contributed by atoms with van der Waals surface area (Å²) >= 11 is 0. The van der Waals surface area contributed by atoms with Gasteiger partial charge in [-0.15, -0.1) is 0 Å². The maximum Gasteiger partial charge on any atom is 0.340 e. The van der Waals surface area contributed by atoms with Crippen LogP contribution >= 0.6 is 0 Å². The second-order valence-corrected chi connectivity index (χ2v) is 7.95. The van der Waals surface area contributed by atoms with Crippen LogP contribution < -0.4 is 10.0 Å². The number of ether oxygens (including phenoxy) is 1. The van der Waals surface area contributed by atoms with E-state index < -0.39 is 22.6 Å². The van der Waals surface area contributed by atoms with Crippen LogP contribution in [-0.4, -0.2) is 39.7 Å². The van der Waals surface area contributed by atoms with Gasteiger partial charge in [0.25, 0.3) is 5.91 Å². The zero-order valence-corrected chi connectivity index (χ0v) is 15.6. The molecule has 0 saturated heterocycles. The van der Waals surface area contributed by atoms with Crippen LogP contribution in [0.1, 0.15) is 42.5 Å². The quantitative estimate of drug-likeness (QED) is 0.532. The SMILES string of the molecule is CS(=O)(=O)Nc1ccccc1C(=O)OCC(=O)NCCC1=CCCCC1. The molecule has 0 fully saturated rings. The number of benzene rings is 1. The predicted molar refractivity (Wildman–Crippen MR) is 99.4 cm³/mol. The van der Waals surface area contributed by atoms with Crippen LogP contribution in [0.25, 0.3) is 0 Å². The van der Waals surface area contributed by atoms with Crippen LogP contribution in [0, 0.1) is 0 Å². The Balaban J connectivity index is 1.81. The minimum Gasteiger partial charge on any atom is -0.452 e. The predicted octanol–water partition coefficient (Wildman–Crippen LogP) is 2.22. The van der Waals surface area contributed by atoms with Crippen LogP contribution in [0.15, 0.2) is 35.9 Å². The Bertz CT molecular complexity index is 787. The highest BCUT2D eigenvalue weighted by Crippen LogP contribution is 2.19. The molecule has 7 nitrogen and oxygen atoms in total. The maximum atomic E-state index is 12.1. The molecule has 1 aliphatic carbocycles. The molecule has 1 aliphatic rings. The van der Waals surface area contributed by atoms with Gasteiger partial charge in [-0.1, -0.05) is 23.8 Å². The molecule has 0 bridgehead atoms. The fourth-order valence-electron chi connectivity index (χ4n) is 2.70. The summed E-state index contributed by atoms with van der Waals surface area (Å²) in [6, 6.07) is 6.07. The second kappa shape index (κ2) is 9.38. The van der Waals surface area contributed by atoms with Gasteiger partial charge < -0.3 is 10.1 Å².